The third-order valence-electron chi connectivity index (χ3n) is 4.92. The molecule has 0 radical (unpaired) electrons. The zero-order valence-corrected chi connectivity index (χ0v) is 13.3. The Kier molecular flexibility index (Phi) is 3.92. The molecule has 4 unspecified atom stereocenters. The lowest BCUT2D eigenvalue weighted by Crippen LogP contribution is -2.39. The van der Waals surface area contributed by atoms with E-state index in [1.165, 1.54) is 37.0 Å². The first-order valence-corrected chi connectivity index (χ1v) is 9.65. The van der Waals surface area contributed by atoms with Crippen LogP contribution in [0.2, 0.25) is 0 Å². The highest BCUT2D eigenvalue weighted by atomic mass is 32.2. The maximum Gasteiger partial charge on any atom is 0.241 e. The van der Waals surface area contributed by atoms with Crippen molar-refractivity contribution in [1.29, 1.82) is 0 Å². The molecule has 1 aromatic rings. The summed E-state index contributed by atoms with van der Waals surface area (Å²) in [6, 6.07) is 1.71. The van der Waals surface area contributed by atoms with Gasteiger partial charge in [0, 0.05) is 22.8 Å². The molecule has 0 saturated heterocycles. The maximum absolute atomic E-state index is 12.4. The van der Waals surface area contributed by atoms with Crippen LogP contribution < -0.4 is 10.5 Å². The molecule has 112 valence electrons. The van der Waals surface area contributed by atoms with Crippen molar-refractivity contribution in [3.63, 3.8) is 0 Å². The summed E-state index contributed by atoms with van der Waals surface area (Å²) in [5, 5.41) is 1.68. The zero-order valence-electron chi connectivity index (χ0n) is 11.7. The van der Waals surface area contributed by atoms with E-state index < -0.39 is 10.0 Å². The van der Waals surface area contributed by atoms with Gasteiger partial charge in [-0.15, -0.1) is 11.3 Å². The van der Waals surface area contributed by atoms with Crippen molar-refractivity contribution in [2.24, 2.45) is 23.5 Å². The van der Waals surface area contributed by atoms with Gasteiger partial charge in [-0.25, -0.2) is 13.1 Å². The SMILES string of the molecule is CC(NS(=O)(=O)c1csc(CN)c1)C1CC2CCC1C2. The molecule has 20 heavy (non-hydrogen) atoms. The number of rotatable bonds is 5. The van der Waals surface area contributed by atoms with E-state index in [1.54, 1.807) is 11.4 Å². The number of hydrogen-bond donors (Lipinski definition) is 2. The summed E-state index contributed by atoms with van der Waals surface area (Å²) in [5.41, 5.74) is 5.54. The largest absolute Gasteiger partial charge is 0.326 e. The fraction of sp³-hybridized carbons (Fsp3) is 0.714. The Morgan fingerprint density at radius 2 is 2.25 bits per heavy atom. The summed E-state index contributed by atoms with van der Waals surface area (Å²) in [6.07, 6.45) is 5.10. The highest BCUT2D eigenvalue weighted by Gasteiger charge is 2.42. The number of sulfonamides is 1. The average Bonchev–Trinajstić information content (AvgIpc) is 3.13. The summed E-state index contributed by atoms with van der Waals surface area (Å²) in [5.74, 6) is 2.07. The lowest BCUT2D eigenvalue weighted by molar-refractivity contribution is 0.280. The standard InChI is InChI=1S/C14H22N2O2S2/c1-9(14-5-10-2-3-11(14)4-10)16-20(17,18)13-6-12(7-15)19-8-13/h6,8-11,14,16H,2-5,7,15H2,1H3. The van der Waals surface area contributed by atoms with E-state index >= 15 is 0 Å². The van der Waals surface area contributed by atoms with E-state index in [-0.39, 0.29) is 6.04 Å². The van der Waals surface area contributed by atoms with Crippen molar-refractivity contribution < 1.29 is 8.42 Å². The molecule has 4 nitrogen and oxygen atoms in total. The van der Waals surface area contributed by atoms with Gasteiger partial charge in [0.1, 0.15) is 0 Å². The zero-order chi connectivity index (χ0) is 14.3. The van der Waals surface area contributed by atoms with E-state index in [9.17, 15) is 8.42 Å². The summed E-state index contributed by atoms with van der Waals surface area (Å²) in [7, 11) is -3.40. The van der Waals surface area contributed by atoms with Crippen molar-refractivity contribution in [3.05, 3.63) is 16.3 Å². The molecule has 2 bridgehead atoms. The van der Waals surface area contributed by atoms with Crippen LogP contribution in [-0.2, 0) is 16.6 Å². The maximum atomic E-state index is 12.4. The predicted molar refractivity (Wildman–Crippen MR) is 80.9 cm³/mol. The fourth-order valence-corrected chi connectivity index (χ4v) is 6.37. The molecule has 0 aromatic carbocycles. The number of hydrogen-bond acceptors (Lipinski definition) is 4. The minimum Gasteiger partial charge on any atom is -0.326 e. The van der Waals surface area contributed by atoms with Gasteiger partial charge < -0.3 is 5.73 Å². The van der Waals surface area contributed by atoms with E-state index in [0.29, 0.717) is 17.4 Å². The third-order valence-corrected chi connectivity index (χ3v) is 7.56. The van der Waals surface area contributed by atoms with Crippen molar-refractivity contribution in [2.45, 2.75) is 50.1 Å². The molecule has 1 aromatic heterocycles. The van der Waals surface area contributed by atoms with Crippen molar-refractivity contribution in [3.8, 4) is 0 Å². The van der Waals surface area contributed by atoms with Crippen LogP contribution >= 0.6 is 11.3 Å². The van der Waals surface area contributed by atoms with Crippen molar-refractivity contribution in [2.75, 3.05) is 0 Å². The number of nitrogens with one attached hydrogen (secondary N) is 1. The van der Waals surface area contributed by atoms with Gasteiger partial charge in [0.15, 0.2) is 0 Å². The van der Waals surface area contributed by atoms with Gasteiger partial charge in [0.2, 0.25) is 10.0 Å². The highest BCUT2D eigenvalue weighted by molar-refractivity contribution is 7.89. The lowest BCUT2D eigenvalue weighted by Gasteiger charge is -2.28. The Bertz CT molecular complexity index is 582. The van der Waals surface area contributed by atoms with Crippen LogP contribution in [0, 0.1) is 17.8 Å². The lowest BCUT2D eigenvalue weighted by atomic mass is 9.84. The molecule has 2 fully saturated rings. The molecule has 2 saturated carbocycles. The Morgan fingerprint density at radius 1 is 1.45 bits per heavy atom. The molecule has 4 atom stereocenters. The van der Waals surface area contributed by atoms with Crippen molar-refractivity contribution in [1.82, 2.24) is 4.72 Å². The molecular formula is C14H22N2O2S2. The molecular weight excluding hydrogens is 292 g/mol. The second kappa shape index (κ2) is 5.40. The average molecular weight is 314 g/mol. The van der Waals surface area contributed by atoms with Crippen LogP contribution in [0.3, 0.4) is 0 Å². The van der Waals surface area contributed by atoms with Crippen LogP contribution in [0.15, 0.2) is 16.3 Å². The smallest absolute Gasteiger partial charge is 0.241 e. The third kappa shape index (κ3) is 2.66. The minimum absolute atomic E-state index is 0.0246. The molecule has 2 aliphatic carbocycles. The van der Waals surface area contributed by atoms with E-state index in [0.717, 1.165) is 16.7 Å². The number of thiophene rings is 1. The molecule has 3 N–H and O–H groups in total. The minimum atomic E-state index is -3.40. The van der Waals surface area contributed by atoms with Gasteiger partial charge in [0.25, 0.3) is 0 Å². The first kappa shape index (κ1) is 14.5. The second-order valence-corrected chi connectivity index (χ2v) is 8.91. The van der Waals surface area contributed by atoms with E-state index in [2.05, 4.69) is 4.72 Å². The Labute approximate surface area is 124 Å². The Balaban J connectivity index is 1.69. The number of fused-ring (bicyclic) bond motifs is 2. The van der Waals surface area contributed by atoms with Crippen LogP contribution in [0.5, 0.6) is 0 Å². The van der Waals surface area contributed by atoms with Crippen LogP contribution in [0.4, 0.5) is 0 Å². The molecule has 3 rings (SSSR count). The van der Waals surface area contributed by atoms with E-state index in [1.807, 2.05) is 6.92 Å². The molecule has 1 heterocycles. The summed E-state index contributed by atoms with van der Waals surface area (Å²) in [6.45, 7) is 2.40. The molecule has 6 heteroatoms. The Hall–Kier alpha value is -0.430. The topological polar surface area (TPSA) is 72.2 Å². The second-order valence-electron chi connectivity index (χ2n) is 6.20. The normalized spacial score (nSPS) is 30.8. The number of nitrogens with two attached hydrogens (primary N) is 1. The summed E-state index contributed by atoms with van der Waals surface area (Å²) < 4.78 is 27.7. The first-order valence-electron chi connectivity index (χ1n) is 7.29. The Morgan fingerprint density at radius 3 is 2.80 bits per heavy atom. The molecule has 0 aliphatic heterocycles. The van der Waals surface area contributed by atoms with Crippen LogP contribution in [0.25, 0.3) is 0 Å². The summed E-state index contributed by atoms with van der Waals surface area (Å²) >= 11 is 1.40. The van der Waals surface area contributed by atoms with E-state index in [4.69, 9.17) is 5.73 Å². The predicted octanol–water partition coefficient (Wildman–Crippen LogP) is 2.31. The molecule has 0 spiro atoms. The fourth-order valence-electron chi connectivity index (χ4n) is 3.91. The van der Waals surface area contributed by atoms with Gasteiger partial charge in [-0.3, -0.25) is 0 Å². The quantitative estimate of drug-likeness (QED) is 0.876. The van der Waals surface area contributed by atoms with Crippen LogP contribution in [0.1, 0.15) is 37.5 Å². The molecule has 2 aliphatic rings. The van der Waals surface area contributed by atoms with Gasteiger partial charge in [-0.1, -0.05) is 6.42 Å². The first-order chi connectivity index (χ1) is 9.49. The monoisotopic (exact) mass is 314 g/mol. The van der Waals surface area contributed by atoms with Gasteiger partial charge in [-0.05, 0) is 50.0 Å². The van der Waals surface area contributed by atoms with Gasteiger partial charge in [-0.2, -0.15) is 0 Å². The van der Waals surface area contributed by atoms with Gasteiger partial charge in [0.05, 0.1) is 4.90 Å². The molecule has 0 amide bonds. The van der Waals surface area contributed by atoms with Crippen molar-refractivity contribution >= 4 is 21.4 Å². The highest BCUT2D eigenvalue weighted by Crippen LogP contribution is 2.49. The summed E-state index contributed by atoms with van der Waals surface area (Å²) in [4.78, 5) is 1.26. The van der Waals surface area contributed by atoms with Crippen LogP contribution in [-0.4, -0.2) is 14.5 Å². The van der Waals surface area contributed by atoms with Gasteiger partial charge >= 0.3 is 0 Å².